The number of aromatic amines is 1. The highest BCUT2D eigenvalue weighted by atomic mass is 79.9. The zero-order valence-electron chi connectivity index (χ0n) is 8.07. The smallest absolute Gasteiger partial charge is 0.270 e. The second-order valence-corrected chi connectivity index (χ2v) is 6.28. The van der Waals surface area contributed by atoms with Crippen molar-refractivity contribution in [1.82, 2.24) is 9.88 Å². The average Bonchev–Trinajstić information content (AvgIpc) is 2.90. The number of nitrogens with one attached hydrogen (secondary N) is 1. The number of carbonyl (C=O) groups is 1. The highest BCUT2D eigenvalue weighted by Crippen LogP contribution is 2.38. The SMILES string of the molecule is O=C(c1cc(Br)c[nH]1)N1CC2CC1CS2. The van der Waals surface area contributed by atoms with Crippen LogP contribution in [0.4, 0.5) is 0 Å². The fourth-order valence-corrected chi connectivity index (χ4v) is 4.07. The van der Waals surface area contributed by atoms with Crippen LogP contribution in [-0.4, -0.2) is 39.4 Å². The summed E-state index contributed by atoms with van der Waals surface area (Å²) >= 11 is 5.34. The summed E-state index contributed by atoms with van der Waals surface area (Å²) < 4.78 is 0.935. The van der Waals surface area contributed by atoms with Crippen molar-refractivity contribution in [3.8, 4) is 0 Å². The van der Waals surface area contributed by atoms with Crippen molar-refractivity contribution in [2.24, 2.45) is 0 Å². The molecule has 80 valence electrons. The molecular weight excluding hydrogens is 276 g/mol. The third-order valence-electron chi connectivity index (χ3n) is 3.04. The van der Waals surface area contributed by atoms with Crippen LogP contribution in [-0.2, 0) is 0 Å². The van der Waals surface area contributed by atoms with Gasteiger partial charge in [0, 0.05) is 34.3 Å². The van der Waals surface area contributed by atoms with Gasteiger partial charge in [0.15, 0.2) is 0 Å². The van der Waals surface area contributed by atoms with E-state index in [1.54, 1.807) is 6.20 Å². The second kappa shape index (κ2) is 3.56. The van der Waals surface area contributed by atoms with Crippen LogP contribution in [0.3, 0.4) is 0 Å². The Kier molecular flexibility index (Phi) is 2.32. The number of H-pyrrole nitrogens is 1. The van der Waals surface area contributed by atoms with Gasteiger partial charge in [-0.2, -0.15) is 11.8 Å². The molecule has 0 saturated carbocycles. The molecule has 3 nitrogen and oxygen atoms in total. The Labute approximate surface area is 101 Å². The maximum absolute atomic E-state index is 12.1. The van der Waals surface area contributed by atoms with Crippen molar-refractivity contribution in [3.63, 3.8) is 0 Å². The van der Waals surface area contributed by atoms with Gasteiger partial charge in [0.1, 0.15) is 5.69 Å². The van der Waals surface area contributed by atoms with E-state index < -0.39 is 0 Å². The van der Waals surface area contributed by atoms with Crippen molar-refractivity contribution in [3.05, 3.63) is 22.4 Å². The molecule has 15 heavy (non-hydrogen) atoms. The van der Waals surface area contributed by atoms with E-state index >= 15 is 0 Å². The first-order valence-corrected chi connectivity index (χ1v) is 6.84. The molecule has 1 amide bonds. The molecule has 2 atom stereocenters. The van der Waals surface area contributed by atoms with Crippen LogP contribution in [0.25, 0.3) is 0 Å². The molecule has 0 spiro atoms. The molecule has 2 aliphatic rings. The van der Waals surface area contributed by atoms with E-state index in [2.05, 4.69) is 20.9 Å². The highest BCUT2D eigenvalue weighted by Gasteiger charge is 2.41. The van der Waals surface area contributed by atoms with Crippen LogP contribution in [0.15, 0.2) is 16.7 Å². The number of amides is 1. The zero-order valence-corrected chi connectivity index (χ0v) is 10.5. The first-order chi connectivity index (χ1) is 7.24. The standard InChI is InChI=1S/C10H11BrN2OS/c11-6-1-9(12-3-6)10(14)13-4-8-2-7(13)5-15-8/h1,3,7-8,12H,2,4-5H2. The van der Waals surface area contributed by atoms with Gasteiger partial charge in [0.2, 0.25) is 0 Å². The van der Waals surface area contributed by atoms with E-state index in [4.69, 9.17) is 0 Å². The fraction of sp³-hybridized carbons (Fsp3) is 0.500. The highest BCUT2D eigenvalue weighted by molar-refractivity contribution is 9.10. The van der Waals surface area contributed by atoms with Gasteiger partial charge in [-0.15, -0.1) is 0 Å². The summed E-state index contributed by atoms with van der Waals surface area (Å²) in [6.45, 7) is 0.921. The van der Waals surface area contributed by atoms with Crippen molar-refractivity contribution >= 4 is 33.6 Å². The third-order valence-corrected chi connectivity index (χ3v) is 4.89. The Morgan fingerprint density at radius 1 is 1.67 bits per heavy atom. The topological polar surface area (TPSA) is 36.1 Å². The van der Waals surface area contributed by atoms with Crippen molar-refractivity contribution in [2.45, 2.75) is 17.7 Å². The lowest BCUT2D eigenvalue weighted by Gasteiger charge is -2.26. The maximum atomic E-state index is 12.1. The van der Waals surface area contributed by atoms with E-state index in [1.165, 1.54) is 6.42 Å². The van der Waals surface area contributed by atoms with E-state index in [0.717, 1.165) is 16.8 Å². The minimum Gasteiger partial charge on any atom is -0.356 e. The second-order valence-electron chi connectivity index (χ2n) is 4.03. The minimum atomic E-state index is 0.147. The number of nitrogens with zero attached hydrogens (tertiary/aromatic N) is 1. The zero-order chi connectivity index (χ0) is 10.4. The normalized spacial score (nSPS) is 28.7. The molecule has 3 heterocycles. The molecule has 2 fully saturated rings. The summed E-state index contributed by atoms with van der Waals surface area (Å²) in [6.07, 6.45) is 2.98. The summed E-state index contributed by atoms with van der Waals surface area (Å²) in [5.74, 6) is 1.26. The van der Waals surface area contributed by atoms with E-state index in [9.17, 15) is 4.79 Å². The van der Waals surface area contributed by atoms with Gasteiger partial charge < -0.3 is 9.88 Å². The van der Waals surface area contributed by atoms with Crippen LogP contribution in [0.5, 0.6) is 0 Å². The number of halogens is 1. The Morgan fingerprint density at radius 3 is 3.07 bits per heavy atom. The molecule has 0 aliphatic carbocycles. The van der Waals surface area contributed by atoms with Gasteiger partial charge in [-0.1, -0.05) is 0 Å². The van der Waals surface area contributed by atoms with Gasteiger partial charge in [-0.05, 0) is 28.4 Å². The van der Waals surface area contributed by atoms with Crippen molar-refractivity contribution in [2.75, 3.05) is 12.3 Å². The summed E-state index contributed by atoms with van der Waals surface area (Å²) in [5.41, 5.74) is 0.694. The molecule has 5 heteroatoms. The van der Waals surface area contributed by atoms with Gasteiger partial charge in [0.05, 0.1) is 0 Å². The van der Waals surface area contributed by atoms with Gasteiger partial charge >= 0.3 is 0 Å². The molecule has 0 aromatic carbocycles. The molecule has 2 aliphatic heterocycles. The van der Waals surface area contributed by atoms with Crippen molar-refractivity contribution in [1.29, 1.82) is 0 Å². The number of hydrogen-bond acceptors (Lipinski definition) is 2. The lowest BCUT2D eigenvalue weighted by Crippen LogP contribution is -2.39. The Morgan fingerprint density at radius 2 is 2.53 bits per heavy atom. The Bertz CT molecular complexity index is 406. The number of rotatable bonds is 1. The molecule has 2 saturated heterocycles. The van der Waals surface area contributed by atoms with Gasteiger partial charge in [-0.3, -0.25) is 4.79 Å². The lowest BCUT2D eigenvalue weighted by molar-refractivity contribution is 0.0742. The maximum Gasteiger partial charge on any atom is 0.270 e. The summed E-state index contributed by atoms with van der Waals surface area (Å²) in [6, 6.07) is 2.32. The Balaban J connectivity index is 1.81. The summed E-state index contributed by atoms with van der Waals surface area (Å²) in [5, 5.41) is 0.678. The lowest BCUT2D eigenvalue weighted by atomic mass is 10.2. The van der Waals surface area contributed by atoms with Crippen LogP contribution in [0.2, 0.25) is 0 Å². The van der Waals surface area contributed by atoms with Crippen LogP contribution < -0.4 is 0 Å². The molecular formula is C10H11BrN2OS. The predicted molar refractivity (Wildman–Crippen MR) is 64.2 cm³/mol. The Hall–Kier alpha value is -0.420. The first-order valence-electron chi connectivity index (χ1n) is 5.00. The number of hydrogen-bond donors (Lipinski definition) is 1. The van der Waals surface area contributed by atoms with E-state index in [-0.39, 0.29) is 5.91 Å². The van der Waals surface area contributed by atoms with Crippen LogP contribution >= 0.6 is 27.7 Å². The van der Waals surface area contributed by atoms with Crippen LogP contribution in [0, 0.1) is 0 Å². The van der Waals surface area contributed by atoms with Crippen molar-refractivity contribution < 1.29 is 4.79 Å². The monoisotopic (exact) mass is 286 g/mol. The number of aromatic nitrogens is 1. The van der Waals surface area contributed by atoms with Gasteiger partial charge in [0.25, 0.3) is 5.91 Å². The first kappa shape index (κ1) is 9.78. The molecule has 3 rings (SSSR count). The number of likely N-dealkylation sites (tertiary alicyclic amines) is 1. The van der Waals surface area contributed by atoms with Gasteiger partial charge in [-0.25, -0.2) is 0 Å². The summed E-state index contributed by atoms with van der Waals surface area (Å²) in [7, 11) is 0. The van der Waals surface area contributed by atoms with Crippen LogP contribution in [0.1, 0.15) is 16.9 Å². The summed E-state index contributed by atoms with van der Waals surface area (Å²) in [4.78, 5) is 17.1. The van der Waals surface area contributed by atoms with E-state index in [1.807, 2.05) is 22.7 Å². The average molecular weight is 287 g/mol. The molecule has 1 aromatic rings. The largest absolute Gasteiger partial charge is 0.356 e. The third kappa shape index (κ3) is 1.61. The quantitative estimate of drug-likeness (QED) is 0.858. The van der Waals surface area contributed by atoms with E-state index in [0.29, 0.717) is 17.0 Å². The minimum absolute atomic E-state index is 0.147. The molecule has 2 bridgehead atoms. The molecule has 1 aromatic heterocycles. The number of thioether (sulfide) groups is 1. The number of fused-ring (bicyclic) bond motifs is 2. The fourth-order valence-electron chi connectivity index (χ4n) is 2.29. The molecule has 2 unspecified atom stereocenters. The molecule has 0 radical (unpaired) electrons. The predicted octanol–water partition coefficient (Wildman–Crippen LogP) is 2.11. The number of carbonyl (C=O) groups excluding carboxylic acids is 1. The molecule has 1 N–H and O–H groups in total.